The van der Waals surface area contributed by atoms with Crippen molar-refractivity contribution in [2.24, 2.45) is 46.3 Å². The Morgan fingerprint density at radius 1 is 1.03 bits per heavy atom. The molecule has 0 radical (unpaired) electrons. The second-order valence-electron chi connectivity index (χ2n) is 14.8. The number of ether oxygens (including phenoxy) is 1. The Balaban J connectivity index is 1.33. The number of aliphatic hydroxyl groups is 3. The minimum atomic E-state index is -1.80. The average Bonchev–Trinajstić information content (AvgIpc) is 2.95. The molecule has 0 amide bonds. The van der Waals surface area contributed by atoms with Gasteiger partial charge in [0.15, 0.2) is 5.78 Å². The molecule has 0 heterocycles. The summed E-state index contributed by atoms with van der Waals surface area (Å²) in [7, 11) is 0. The van der Waals surface area contributed by atoms with Crippen LogP contribution in [0.4, 0.5) is 0 Å². The van der Waals surface area contributed by atoms with E-state index in [1.165, 1.54) is 19.3 Å². The Kier molecular flexibility index (Phi) is 5.74. The fourth-order valence-corrected chi connectivity index (χ4v) is 10.5. The van der Waals surface area contributed by atoms with Crippen molar-refractivity contribution in [1.82, 2.24) is 0 Å². The molecule has 6 nitrogen and oxygen atoms in total. The van der Waals surface area contributed by atoms with Gasteiger partial charge in [-0.1, -0.05) is 32.9 Å². The standard InChI is InChI=1S/C31H44O6/c1-17-5-24-30(35,26(17)34)14-22(16-32)9-23-27(28(3,4)10-18(2)31(23,24)36)37-25(33)15-29-11-19-6-20(12-29)8-21(7-19)13-29/h5,9,18-21,23-24,27,32,35-36H,6-8,10-16H2,1-4H3/t18-,19?,20?,21?,23+,24-,27-,29?,30-,31-/m1/s1. The second-order valence-corrected chi connectivity index (χ2v) is 14.8. The molecule has 7 aliphatic carbocycles. The van der Waals surface area contributed by atoms with Gasteiger partial charge in [-0.2, -0.15) is 0 Å². The molecular weight excluding hydrogens is 468 g/mol. The summed E-state index contributed by atoms with van der Waals surface area (Å²) in [6.45, 7) is 7.48. The first-order valence-corrected chi connectivity index (χ1v) is 14.5. The molecule has 37 heavy (non-hydrogen) atoms. The lowest BCUT2D eigenvalue weighted by Crippen LogP contribution is -2.65. The van der Waals surface area contributed by atoms with Crippen LogP contribution in [0, 0.1) is 46.3 Å². The van der Waals surface area contributed by atoms with Crippen molar-refractivity contribution < 1.29 is 29.6 Å². The molecule has 0 aromatic rings. The SMILES string of the molecule is CC1=C[C@H]2[C@@]3(O)[C@H](C)CC(C)(C)[C@H](OC(=O)CC45CC6CC(CC(C6)C4)C5)[C@@H]3C=C(CO)C[C@]2(O)C1=O. The van der Waals surface area contributed by atoms with Crippen LogP contribution in [-0.2, 0) is 14.3 Å². The van der Waals surface area contributed by atoms with Crippen molar-refractivity contribution in [3.63, 3.8) is 0 Å². The van der Waals surface area contributed by atoms with Crippen LogP contribution in [0.1, 0.15) is 85.5 Å². The second kappa shape index (κ2) is 8.25. The third-order valence-corrected chi connectivity index (χ3v) is 11.5. The molecule has 0 aliphatic heterocycles. The van der Waals surface area contributed by atoms with Gasteiger partial charge in [0.1, 0.15) is 11.7 Å². The highest BCUT2D eigenvalue weighted by Gasteiger charge is 2.67. The average molecular weight is 513 g/mol. The maximum Gasteiger partial charge on any atom is 0.306 e. The molecule has 6 heteroatoms. The predicted octanol–water partition coefficient (Wildman–Crippen LogP) is 4.12. The number of aliphatic hydroxyl groups excluding tert-OH is 1. The number of Topliss-reactive ketones (excluding diaryl/α,β-unsaturated/α-hetero) is 1. The molecule has 5 saturated carbocycles. The van der Waals surface area contributed by atoms with E-state index in [9.17, 15) is 24.9 Å². The zero-order valence-corrected chi connectivity index (χ0v) is 22.8. The molecule has 0 unspecified atom stereocenters. The Morgan fingerprint density at radius 3 is 2.19 bits per heavy atom. The molecule has 0 aromatic carbocycles. The fourth-order valence-electron chi connectivity index (χ4n) is 10.5. The molecule has 7 rings (SSSR count). The maximum absolute atomic E-state index is 13.7. The highest BCUT2D eigenvalue weighted by molar-refractivity contribution is 6.04. The molecule has 204 valence electrons. The number of rotatable bonds is 4. The van der Waals surface area contributed by atoms with Crippen LogP contribution in [0.5, 0.6) is 0 Å². The van der Waals surface area contributed by atoms with Crippen molar-refractivity contribution >= 4 is 11.8 Å². The van der Waals surface area contributed by atoms with E-state index in [4.69, 9.17) is 4.74 Å². The van der Waals surface area contributed by atoms with Crippen LogP contribution in [0.25, 0.3) is 0 Å². The summed E-state index contributed by atoms with van der Waals surface area (Å²) in [5.41, 5.74) is -2.70. The van der Waals surface area contributed by atoms with Crippen LogP contribution in [0.2, 0.25) is 0 Å². The Labute approximate surface area is 220 Å². The van der Waals surface area contributed by atoms with Gasteiger partial charge >= 0.3 is 5.97 Å². The number of hydrogen-bond donors (Lipinski definition) is 3. The minimum Gasteiger partial charge on any atom is -0.461 e. The largest absolute Gasteiger partial charge is 0.461 e. The maximum atomic E-state index is 13.7. The van der Waals surface area contributed by atoms with E-state index < -0.39 is 40.3 Å². The monoisotopic (exact) mass is 512 g/mol. The zero-order chi connectivity index (χ0) is 26.5. The summed E-state index contributed by atoms with van der Waals surface area (Å²) in [4.78, 5) is 26.8. The van der Waals surface area contributed by atoms with Gasteiger partial charge < -0.3 is 20.1 Å². The Morgan fingerprint density at radius 2 is 1.62 bits per heavy atom. The van der Waals surface area contributed by atoms with Crippen molar-refractivity contribution in [3.05, 3.63) is 23.3 Å². The summed E-state index contributed by atoms with van der Waals surface area (Å²) in [5, 5.41) is 34.3. The lowest BCUT2D eigenvalue weighted by atomic mass is 9.49. The summed E-state index contributed by atoms with van der Waals surface area (Å²) in [5.74, 6) is -0.0490. The van der Waals surface area contributed by atoms with Crippen LogP contribution in [0.15, 0.2) is 23.3 Å². The summed E-state index contributed by atoms with van der Waals surface area (Å²) < 4.78 is 6.40. The Hall–Kier alpha value is -1.50. The molecule has 0 aromatic heterocycles. The van der Waals surface area contributed by atoms with E-state index in [2.05, 4.69) is 13.8 Å². The number of hydrogen-bond acceptors (Lipinski definition) is 6. The summed E-state index contributed by atoms with van der Waals surface area (Å²) in [6, 6.07) is 0. The Bertz CT molecular complexity index is 1030. The van der Waals surface area contributed by atoms with E-state index in [0.717, 1.165) is 37.0 Å². The molecule has 0 saturated heterocycles. The molecule has 5 fully saturated rings. The van der Waals surface area contributed by atoms with Gasteiger partial charge in [0.2, 0.25) is 0 Å². The molecule has 6 atom stereocenters. The van der Waals surface area contributed by atoms with Crippen molar-refractivity contribution in [1.29, 1.82) is 0 Å². The van der Waals surface area contributed by atoms with Gasteiger partial charge in [-0.15, -0.1) is 0 Å². The zero-order valence-electron chi connectivity index (χ0n) is 22.8. The van der Waals surface area contributed by atoms with Gasteiger partial charge in [0.05, 0.1) is 18.6 Å². The van der Waals surface area contributed by atoms with Gasteiger partial charge in [0, 0.05) is 23.7 Å². The smallest absolute Gasteiger partial charge is 0.306 e. The fraction of sp³-hybridized carbons (Fsp3) is 0.806. The number of carbonyl (C=O) groups is 2. The highest BCUT2D eigenvalue weighted by Crippen LogP contribution is 2.62. The quantitative estimate of drug-likeness (QED) is 0.387. The van der Waals surface area contributed by atoms with Gasteiger partial charge in [-0.25, -0.2) is 0 Å². The van der Waals surface area contributed by atoms with Crippen molar-refractivity contribution in [2.45, 2.75) is 103 Å². The minimum absolute atomic E-state index is 0.0270. The van der Waals surface area contributed by atoms with Crippen LogP contribution in [-0.4, -0.2) is 51.0 Å². The predicted molar refractivity (Wildman–Crippen MR) is 138 cm³/mol. The van der Waals surface area contributed by atoms with E-state index in [0.29, 0.717) is 24.0 Å². The van der Waals surface area contributed by atoms with Gasteiger partial charge in [-0.3, -0.25) is 9.59 Å². The number of fused-ring (bicyclic) bond motifs is 3. The number of ketones is 1. The van der Waals surface area contributed by atoms with E-state index >= 15 is 0 Å². The molecule has 7 aliphatic rings. The third-order valence-electron chi connectivity index (χ3n) is 11.5. The van der Waals surface area contributed by atoms with Crippen LogP contribution < -0.4 is 0 Å². The van der Waals surface area contributed by atoms with E-state index in [1.807, 2.05) is 13.0 Å². The normalized spacial score (nSPS) is 49.6. The van der Waals surface area contributed by atoms with E-state index in [1.54, 1.807) is 13.0 Å². The molecular formula is C31H44O6. The summed E-state index contributed by atoms with van der Waals surface area (Å²) in [6.07, 6.45) is 11.2. The van der Waals surface area contributed by atoms with Crippen molar-refractivity contribution in [2.75, 3.05) is 6.61 Å². The molecule has 4 bridgehead atoms. The number of carbonyl (C=O) groups excluding carboxylic acids is 2. The van der Waals surface area contributed by atoms with Crippen LogP contribution in [0.3, 0.4) is 0 Å². The highest BCUT2D eigenvalue weighted by atomic mass is 16.5. The van der Waals surface area contributed by atoms with Gasteiger partial charge in [-0.05, 0) is 92.1 Å². The molecule has 0 spiro atoms. The first kappa shape index (κ1) is 25.8. The molecule has 3 N–H and O–H groups in total. The lowest BCUT2D eigenvalue weighted by molar-refractivity contribution is -0.220. The third kappa shape index (κ3) is 3.76. The lowest BCUT2D eigenvalue weighted by Gasteiger charge is -2.58. The van der Waals surface area contributed by atoms with Crippen LogP contribution >= 0.6 is 0 Å². The number of esters is 1. The first-order valence-electron chi connectivity index (χ1n) is 14.5. The van der Waals surface area contributed by atoms with Crippen molar-refractivity contribution in [3.8, 4) is 0 Å². The topological polar surface area (TPSA) is 104 Å². The van der Waals surface area contributed by atoms with Gasteiger partial charge in [0.25, 0.3) is 0 Å². The first-order chi connectivity index (χ1) is 17.3. The van der Waals surface area contributed by atoms with E-state index in [-0.39, 0.29) is 30.3 Å². The summed E-state index contributed by atoms with van der Waals surface area (Å²) >= 11 is 0.